The fraction of sp³-hybridized carbons (Fsp3) is 0.600. The number of aliphatic hydroxyl groups is 3. The maximum atomic E-state index is 9.39. The van der Waals surface area contributed by atoms with E-state index < -0.39 is 18.3 Å². The van der Waals surface area contributed by atoms with E-state index in [0.29, 0.717) is 17.9 Å². The Labute approximate surface area is 83.1 Å². The highest BCUT2D eigenvalue weighted by atomic mass is 16.5. The smallest absolute Gasteiger partial charge is 0.115 e. The van der Waals surface area contributed by atoms with Crippen LogP contribution in [0.5, 0.6) is 0 Å². The minimum atomic E-state index is -1.12. The van der Waals surface area contributed by atoms with Crippen LogP contribution in [-0.4, -0.2) is 40.2 Å². The van der Waals surface area contributed by atoms with Gasteiger partial charge in [-0.2, -0.15) is 0 Å². The molecule has 0 saturated carbocycles. The lowest BCUT2D eigenvalue weighted by Crippen LogP contribution is -2.40. The number of aliphatic hydroxyl groups excluding tert-OH is 3. The van der Waals surface area contributed by atoms with E-state index in [9.17, 15) is 15.3 Å². The van der Waals surface area contributed by atoms with E-state index in [-0.39, 0.29) is 6.42 Å². The summed E-state index contributed by atoms with van der Waals surface area (Å²) in [6, 6.07) is 0. The highest BCUT2D eigenvalue weighted by Crippen LogP contribution is 2.24. The van der Waals surface area contributed by atoms with Crippen molar-refractivity contribution in [2.75, 3.05) is 6.61 Å². The molecular formula is C10H16O4. The molecule has 0 heterocycles. The molecule has 0 aromatic carbocycles. The maximum absolute atomic E-state index is 9.39. The van der Waals surface area contributed by atoms with Crippen LogP contribution in [0.4, 0.5) is 0 Å². The predicted molar refractivity (Wildman–Crippen MR) is 51.5 cm³/mol. The molecule has 1 aliphatic carbocycles. The lowest BCUT2D eigenvalue weighted by atomic mass is 9.91. The Morgan fingerprint density at radius 2 is 2.21 bits per heavy atom. The standard InChI is InChI=1S/C10H16O4/c1-3-14-6(2)7-4-8(11)10(13)9(12)5-7/h4,8-13H,2-3,5H2,1H3. The van der Waals surface area contributed by atoms with Gasteiger partial charge in [-0.05, 0) is 18.6 Å². The molecule has 0 bridgehead atoms. The van der Waals surface area contributed by atoms with Gasteiger partial charge in [-0.25, -0.2) is 0 Å². The van der Waals surface area contributed by atoms with Crippen molar-refractivity contribution < 1.29 is 20.1 Å². The van der Waals surface area contributed by atoms with E-state index in [1.54, 1.807) is 0 Å². The zero-order chi connectivity index (χ0) is 10.7. The van der Waals surface area contributed by atoms with Crippen LogP contribution in [0.3, 0.4) is 0 Å². The summed E-state index contributed by atoms with van der Waals surface area (Å²) < 4.78 is 5.15. The fourth-order valence-electron chi connectivity index (χ4n) is 1.42. The summed E-state index contributed by atoms with van der Waals surface area (Å²) in [7, 11) is 0. The fourth-order valence-corrected chi connectivity index (χ4v) is 1.42. The van der Waals surface area contributed by atoms with Crippen molar-refractivity contribution in [3.05, 3.63) is 24.0 Å². The number of hydrogen-bond acceptors (Lipinski definition) is 4. The van der Waals surface area contributed by atoms with E-state index in [2.05, 4.69) is 6.58 Å². The number of ether oxygens (including phenoxy) is 1. The summed E-state index contributed by atoms with van der Waals surface area (Å²) in [5, 5.41) is 28.0. The highest BCUT2D eigenvalue weighted by molar-refractivity contribution is 5.28. The Hall–Kier alpha value is -0.840. The van der Waals surface area contributed by atoms with Crippen LogP contribution < -0.4 is 0 Å². The van der Waals surface area contributed by atoms with Crippen LogP contribution >= 0.6 is 0 Å². The third-order valence-corrected chi connectivity index (χ3v) is 2.22. The zero-order valence-corrected chi connectivity index (χ0v) is 8.18. The summed E-state index contributed by atoms with van der Waals surface area (Å²) in [5.74, 6) is 0.442. The first-order valence-electron chi connectivity index (χ1n) is 4.63. The molecule has 3 N–H and O–H groups in total. The Morgan fingerprint density at radius 3 is 2.71 bits per heavy atom. The van der Waals surface area contributed by atoms with Crippen LogP contribution in [0.25, 0.3) is 0 Å². The first kappa shape index (κ1) is 11.2. The molecule has 1 aliphatic rings. The van der Waals surface area contributed by atoms with Crippen molar-refractivity contribution in [3.63, 3.8) is 0 Å². The van der Waals surface area contributed by atoms with Gasteiger partial charge in [-0.1, -0.05) is 6.58 Å². The molecule has 0 amide bonds. The average molecular weight is 200 g/mol. The normalized spacial score (nSPS) is 32.3. The molecule has 0 aliphatic heterocycles. The Balaban J connectivity index is 2.71. The molecule has 1 rings (SSSR count). The quantitative estimate of drug-likeness (QED) is 0.559. The van der Waals surface area contributed by atoms with E-state index in [1.165, 1.54) is 6.08 Å². The molecule has 14 heavy (non-hydrogen) atoms. The van der Waals surface area contributed by atoms with Crippen molar-refractivity contribution in [2.24, 2.45) is 0 Å². The van der Waals surface area contributed by atoms with Gasteiger partial charge in [0.25, 0.3) is 0 Å². The lowest BCUT2D eigenvalue weighted by Gasteiger charge is -2.28. The van der Waals surface area contributed by atoms with E-state index >= 15 is 0 Å². The van der Waals surface area contributed by atoms with Gasteiger partial charge in [0.15, 0.2) is 0 Å². The SMILES string of the molecule is C=C(OCC)C1=CC(O)C(O)C(O)C1. The van der Waals surface area contributed by atoms with Crippen molar-refractivity contribution in [3.8, 4) is 0 Å². The second-order valence-corrected chi connectivity index (χ2v) is 3.30. The summed E-state index contributed by atoms with van der Waals surface area (Å²) >= 11 is 0. The topological polar surface area (TPSA) is 69.9 Å². The first-order chi connectivity index (χ1) is 6.56. The average Bonchev–Trinajstić information content (AvgIpc) is 2.13. The van der Waals surface area contributed by atoms with Gasteiger partial charge in [0.1, 0.15) is 18.0 Å². The van der Waals surface area contributed by atoms with Gasteiger partial charge in [0.05, 0.1) is 12.7 Å². The van der Waals surface area contributed by atoms with Gasteiger partial charge in [-0.3, -0.25) is 0 Å². The van der Waals surface area contributed by atoms with Crippen LogP contribution in [0, 0.1) is 0 Å². The molecule has 4 heteroatoms. The Morgan fingerprint density at radius 1 is 1.57 bits per heavy atom. The predicted octanol–water partition coefficient (Wildman–Crippen LogP) is -0.0506. The van der Waals surface area contributed by atoms with Crippen LogP contribution in [0.1, 0.15) is 13.3 Å². The molecule has 80 valence electrons. The zero-order valence-electron chi connectivity index (χ0n) is 8.18. The van der Waals surface area contributed by atoms with Crippen LogP contribution in [0.2, 0.25) is 0 Å². The van der Waals surface area contributed by atoms with Crippen molar-refractivity contribution in [2.45, 2.75) is 31.7 Å². The Bertz CT molecular complexity index is 247. The van der Waals surface area contributed by atoms with Gasteiger partial charge < -0.3 is 20.1 Å². The van der Waals surface area contributed by atoms with Crippen LogP contribution in [0.15, 0.2) is 24.0 Å². The lowest BCUT2D eigenvalue weighted by molar-refractivity contribution is -0.0480. The van der Waals surface area contributed by atoms with Gasteiger partial charge >= 0.3 is 0 Å². The molecule has 0 spiro atoms. The molecule has 3 atom stereocenters. The monoisotopic (exact) mass is 200 g/mol. The molecule has 0 radical (unpaired) electrons. The van der Waals surface area contributed by atoms with Gasteiger partial charge in [0.2, 0.25) is 0 Å². The minimum absolute atomic E-state index is 0.261. The van der Waals surface area contributed by atoms with Crippen molar-refractivity contribution >= 4 is 0 Å². The van der Waals surface area contributed by atoms with Crippen LogP contribution in [-0.2, 0) is 4.74 Å². The van der Waals surface area contributed by atoms with Gasteiger partial charge in [0, 0.05) is 6.42 Å². The van der Waals surface area contributed by atoms with E-state index in [0.717, 1.165) is 0 Å². The molecule has 0 fully saturated rings. The molecule has 0 aromatic rings. The molecular weight excluding hydrogens is 184 g/mol. The molecule has 3 unspecified atom stereocenters. The number of hydrogen-bond donors (Lipinski definition) is 3. The molecule has 4 nitrogen and oxygen atoms in total. The number of allylic oxidation sites excluding steroid dienone is 1. The summed E-state index contributed by atoms with van der Waals surface area (Å²) in [6.07, 6.45) is -1.40. The largest absolute Gasteiger partial charge is 0.494 e. The second-order valence-electron chi connectivity index (χ2n) is 3.30. The van der Waals surface area contributed by atoms with E-state index in [4.69, 9.17) is 4.74 Å². The Kier molecular flexibility index (Phi) is 3.69. The molecule has 0 saturated heterocycles. The highest BCUT2D eigenvalue weighted by Gasteiger charge is 2.30. The summed E-state index contributed by atoms with van der Waals surface area (Å²) in [5.41, 5.74) is 0.650. The summed E-state index contributed by atoms with van der Waals surface area (Å²) in [4.78, 5) is 0. The number of rotatable bonds is 3. The van der Waals surface area contributed by atoms with Crippen molar-refractivity contribution in [1.29, 1.82) is 0 Å². The maximum Gasteiger partial charge on any atom is 0.115 e. The van der Waals surface area contributed by atoms with Gasteiger partial charge in [-0.15, -0.1) is 0 Å². The van der Waals surface area contributed by atoms with E-state index in [1.807, 2.05) is 6.92 Å². The van der Waals surface area contributed by atoms with Crippen molar-refractivity contribution in [1.82, 2.24) is 0 Å². The third-order valence-electron chi connectivity index (χ3n) is 2.22. The molecule has 0 aromatic heterocycles. The summed E-state index contributed by atoms with van der Waals surface area (Å²) in [6.45, 7) is 5.99. The second kappa shape index (κ2) is 4.59. The first-order valence-corrected chi connectivity index (χ1v) is 4.63. The minimum Gasteiger partial charge on any atom is -0.494 e. The third kappa shape index (κ3) is 2.35.